The van der Waals surface area contributed by atoms with E-state index in [1.165, 1.54) is 0 Å². The molecule has 0 saturated carbocycles. The van der Waals surface area contributed by atoms with Gasteiger partial charge in [0.1, 0.15) is 28.8 Å². The Balaban J connectivity index is 1.51. The Labute approximate surface area is 180 Å². The van der Waals surface area contributed by atoms with Crippen molar-refractivity contribution in [1.82, 2.24) is 24.3 Å². The molecule has 4 heterocycles. The standard InChI is InChI=1S/C22H25N7O2/c1-22(2,3)31-21(30)28-10-4-5-16(14-28)26-18-8-9-24-20(27-18)17-12-25-19-7-6-15(11-23)13-29(17)19/h6-9,12-13,16H,4-5,10,14H2,1-3H3,(H,24,26,27). The highest BCUT2D eigenvalue weighted by molar-refractivity contribution is 5.68. The number of ether oxygens (including phenoxy) is 1. The summed E-state index contributed by atoms with van der Waals surface area (Å²) in [5, 5.41) is 12.6. The second-order valence-corrected chi connectivity index (χ2v) is 8.58. The lowest BCUT2D eigenvalue weighted by Gasteiger charge is -2.34. The molecule has 31 heavy (non-hydrogen) atoms. The van der Waals surface area contributed by atoms with Crippen molar-refractivity contribution in [3.8, 4) is 17.6 Å². The number of anilines is 1. The highest BCUT2D eigenvalue weighted by atomic mass is 16.6. The van der Waals surface area contributed by atoms with Gasteiger partial charge in [-0.15, -0.1) is 0 Å². The van der Waals surface area contributed by atoms with Crippen LogP contribution in [0.1, 0.15) is 39.2 Å². The predicted octanol–water partition coefficient (Wildman–Crippen LogP) is 3.47. The summed E-state index contributed by atoms with van der Waals surface area (Å²) in [5.74, 6) is 1.18. The molecule has 9 heteroatoms. The first kappa shape index (κ1) is 20.6. The Morgan fingerprint density at radius 1 is 1.29 bits per heavy atom. The number of nitrogens with one attached hydrogen (secondary N) is 1. The summed E-state index contributed by atoms with van der Waals surface area (Å²) < 4.78 is 7.31. The van der Waals surface area contributed by atoms with E-state index in [2.05, 4.69) is 26.3 Å². The van der Waals surface area contributed by atoms with Crippen molar-refractivity contribution in [3.63, 3.8) is 0 Å². The maximum Gasteiger partial charge on any atom is 0.410 e. The van der Waals surface area contributed by atoms with E-state index in [-0.39, 0.29) is 12.1 Å². The quantitative estimate of drug-likeness (QED) is 0.692. The molecule has 3 aromatic rings. The van der Waals surface area contributed by atoms with Gasteiger partial charge in [-0.05, 0) is 51.8 Å². The predicted molar refractivity (Wildman–Crippen MR) is 115 cm³/mol. The van der Waals surface area contributed by atoms with E-state index in [4.69, 9.17) is 4.74 Å². The van der Waals surface area contributed by atoms with E-state index < -0.39 is 5.60 Å². The number of carbonyl (C=O) groups is 1. The van der Waals surface area contributed by atoms with Crippen LogP contribution in [-0.4, -0.2) is 55.1 Å². The van der Waals surface area contributed by atoms with Crippen LogP contribution in [0.3, 0.4) is 0 Å². The van der Waals surface area contributed by atoms with E-state index in [1.807, 2.05) is 25.2 Å². The van der Waals surface area contributed by atoms with Crippen molar-refractivity contribution in [3.05, 3.63) is 42.4 Å². The van der Waals surface area contributed by atoms with E-state index in [9.17, 15) is 10.1 Å². The van der Waals surface area contributed by atoms with Gasteiger partial charge in [-0.3, -0.25) is 4.40 Å². The zero-order chi connectivity index (χ0) is 22.0. The van der Waals surface area contributed by atoms with Crippen LogP contribution in [0.25, 0.3) is 17.2 Å². The summed E-state index contributed by atoms with van der Waals surface area (Å²) in [6.45, 7) is 6.84. The summed E-state index contributed by atoms with van der Waals surface area (Å²) in [6.07, 6.45) is 6.63. The molecule has 9 nitrogen and oxygen atoms in total. The molecule has 1 fully saturated rings. The van der Waals surface area contributed by atoms with Gasteiger partial charge in [0.05, 0.1) is 11.8 Å². The molecule has 1 N–H and O–H groups in total. The topological polar surface area (TPSA) is 108 Å². The Hall–Kier alpha value is -3.67. The van der Waals surface area contributed by atoms with Crippen LogP contribution >= 0.6 is 0 Å². The summed E-state index contributed by atoms with van der Waals surface area (Å²) in [5.41, 5.74) is 1.44. The molecular formula is C22H25N7O2. The number of carbonyl (C=O) groups excluding carboxylic acids is 1. The normalized spacial score (nSPS) is 16.7. The number of pyridine rings is 1. The molecule has 0 spiro atoms. The molecule has 160 valence electrons. The van der Waals surface area contributed by atoms with Gasteiger partial charge in [-0.25, -0.2) is 19.7 Å². The van der Waals surface area contributed by atoms with Gasteiger partial charge in [-0.2, -0.15) is 5.26 Å². The van der Waals surface area contributed by atoms with Gasteiger partial charge in [0.15, 0.2) is 5.82 Å². The van der Waals surface area contributed by atoms with Crippen molar-refractivity contribution in [2.24, 2.45) is 0 Å². The third kappa shape index (κ3) is 4.74. The Kier molecular flexibility index (Phi) is 5.46. The summed E-state index contributed by atoms with van der Waals surface area (Å²) in [6, 6.07) is 7.52. The van der Waals surface area contributed by atoms with Gasteiger partial charge in [-0.1, -0.05) is 0 Å². The van der Waals surface area contributed by atoms with Crippen LogP contribution in [0, 0.1) is 11.3 Å². The number of likely N-dealkylation sites (tertiary alicyclic amines) is 1. The average molecular weight is 419 g/mol. The molecule has 1 amide bonds. The molecule has 3 aromatic heterocycles. The lowest BCUT2D eigenvalue weighted by atomic mass is 10.1. The van der Waals surface area contributed by atoms with E-state index in [0.717, 1.165) is 18.5 Å². The van der Waals surface area contributed by atoms with E-state index >= 15 is 0 Å². The number of nitriles is 1. The van der Waals surface area contributed by atoms with Crippen LogP contribution < -0.4 is 5.32 Å². The molecule has 4 rings (SSSR count). The van der Waals surface area contributed by atoms with Crippen molar-refractivity contribution >= 4 is 17.6 Å². The number of rotatable bonds is 3. The van der Waals surface area contributed by atoms with Crippen molar-refractivity contribution in [1.29, 1.82) is 5.26 Å². The molecule has 1 unspecified atom stereocenters. The number of aromatic nitrogens is 4. The van der Waals surface area contributed by atoms with E-state index in [0.29, 0.717) is 36.0 Å². The lowest BCUT2D eigenvalue weighted by molar-refractivity contribution is 0.0206. The minimum Gasteiger partial charge on any atom is -0.444 e. The maximum atomic E-state index is 12.4. The first-order valence-electron chi connectivity index (χ1n) is 10.3. The number of piperidine rings is 1. The highest BCUT2D eigenvalue weighted by Gasteiger charge is 2.27. The van der Waals surface area contributed by atoms with Crippen molar-refractivity contribution in [2.75, 3.05) is 18.4 Å². The molecule has 0 bridgehead atoms. The largest absolute Gasteiger partial charge is 0.444 e. The van der Waals surface area contributed by atoms with Crippen LogP contribution in [0.5, 0.6) is 0 Å². The molecular weight excluding hydrogens is 394 g/mol. The second-order valence-electron chi connectivity index (χ2n) is 8.58. The van der Waals surface area contributed by atoms with Gasteiger partial charge < -0.3 is 15.0 Å². The Morgan fingerprint density at radius 3 is 2.90 bits per heavy atom. The fourth-order valence-electron chi connectivity index (χ4n) is 3.57. The fourth-order valence-corrected chi connectivity index (χ4v) is 3.57. The third-order valence-corrected chi connectivity index (χ3v) is 4.94. The lowest BCUT2D eigenvalue weighted by Crippen LogP contribution is -2.47. The molecule has 0 radical (unpaired) electrons. The zero-order valence-electron chi connectivity index (χ0n) is 17.9. The van der Waals surface area contributed by atoms with Crippen LogP contribution in [-0.2, 0) is 4.74 Å². The molecule has 1 atom stereocenters. The van der Waals surface area contributed by atoms with Crippen LogP contribution in [0.4, 0.5) is 10.6 Å². The van der Waals surface area contributed by atoms with Gasteiger partial charge in [0, 0.05) is 31.5 Å². The van der Waals surface area contributed by atoms with Gasteiger partial charge in [0.2, 0.25) is 0 Å². The van der Waals surface area contributed by atoms with Crippen molar-refractivity contribution < 1.29 is 9.53 Å². The molecule has 0 aliphatic carbocycles. The third-order valence-electron chi connectivity index (χ3n) is 4.94. The first-order valence-corrected chi connectivity index (χ1v) is 10.3. The van der Waals surface area contributed by atoms with Gasteiger partial charge in [0.25, 0.3) is 0 Å². The number of amides is 1. The van der Waals surface area contributed by atoms with Crippen LogP contribution in [0.15, 0.2) is 36.8 Å². The molecule has 1 aliphatic rings. The SMILES string of the molecule is CC(C)(C)OC(=O)N1CCCC(Nc2ccnc(-c3cnc4ccc(C#N)cn34)n2)C1. The average Bonchev–Trinajstić information content (AvgIpc) is 3.16. The molecule has 1 aliphatic heterocycles. The second kappa shape index (κ2) is 8.22. The number of nitrogens with zero attached hydrogens (tertiary/aromatic N) is 6. The smallest absolute Gasteiger partial charge is 0.410 e. The van der Waals surface area contributed by atoms with Crippen molar-refractivity contribution in [2.45, 2.75) is 45.3 Å². The number of imidazole rings is 1. The highest BCUT2D eigenvalue weighted by Crippen LogP contribution is 2.21. The first-order chi connectivity index (χ1) is 14.8. The fraction of sp³-hybridized carbons (Fsp3) is 0.409. The molecule has 0 aromatic carbocycles. The number of hydrogen-bond donors (Lipinski definition) is 1. The van der Waals surface area contributed by atoms with Crippen LogP contribution in [0.2, 0.25) is 0 Å². The van der Waals surface area contributed by atoms with E-state index in [1.54, 1.807) is 41.7 Å². The Bertz CT molecular complexity index is 1140. The minimum atomic E-state index is -0.515. The minimum absolute atomic E-state index is 0.0661. The van der Waals surface area contributed by atoms with Gasteiger partial charge >= 0.3 is 6.09 Å². The monoisotopic (exact) mass is 419 g/mol. The Morgan fingerprint density at radius 2 is 2.13 bits per heavy atom. The number of fused-ring (bicyclic) bond motifs is 1. The summed E-state index contributed by atoms with van der Waals surface area (Å²) in [7, 11) is 0. The number of hydrogen-bond acceptors (Lipinski definition) is 7. The zero-order valence-corrected chi connectivity index (χ0v) is 17.9. The maximum absolute atomic E-state index is 12.4. The molecule has 1 saturated heterocycles. The summed E-state index contributed by atoms with van der Waals surface area (Å²) >= 11 is 0. The summed E-state index contributed by atoms with van der Waals surface area (Å²) in [4.78, 5) is 27.6.